The molecule has 0 saturated carbocycles. The molecule has 4 heteroatoms. The predicted octanol–water partition coefficient (Wildman–Crippen LogP) is 1.95. The summed E-state index contributed by atoms with van der Waals surface area (Å²) in [5.41, 5.74) is 7.16. The average molecular weight is 213 g/mol. The highest BCUT2D eigenvalue weighted by Crippen LogP contribution is 2.26. The van der Waals surface area contributed by atoms with E-state index in [9.17, 15) is 0 Å². The molecule has 1 aromatic rings. The van der Waals surface area contributed by atoms with E-state index in [4.69, 9.17) is 5.73 Å². The molecule has 0 radical (unpaired) electrons. The number of nitrogens with two attached hydrogens (primary N) is 1. The minimum absolute atomic E-state index is 0.0757. The topological polar surface area (TPSA) is 43.8 Å². The Morgan fingerprint density at radius 1 is 1.57 bits per heavy atom. The van der Waals surface area contributed by atoms with Gasteiger partial charge in [0.2, 0.25) is 0 Å². The highest BCUT2D eigenvalue weighted by molar-refractivity contribution is 8.00. The Kier molecular flexibility index (Phi) is 3.61. The highest BCUT2D eigenvalue weighted by atomic mass is 32.2. The first kappa shape index (κ1) is 11.6. The Bertz CT molecular complexity index is 288. The Labute approximate surface area is 90.1 Å². The molecule has 1 atom stereocenters. The molecule has 0 spiro atoms. The van der Waals surface area contributed by atoms with Gasteiger partial charge in [-0.05, 0) is 6.07 Å². The maximum atomic E-state index is 6.07. The van der Waals surface area contributed by atoms with Crippen LogP contribution in [0.15, 0.2) is 12.3 Å². The van der Waals surface area contributed by atoms with Gasteiger partial charge in [-0.2, -0.15) is 16.9 Å². The van der Waals surface area contributed by atoms with E-state index in [1.165, 1.54) is 0 Å². The molecule has 0 aliphatic rings. The van der Waals surface area contributed by atoms with Crippen molar-refractivity contribution in [1.82, 2.24) is 9.78 Å². The van der Waals surface area contributed by atoms with E-state index in [2.05, 4.69) is 25.9 Å². The lowest BCUT2D eigenvalue weighted by molar-refractivity contribution is 0.656. The third-order valence-corrected chi connectivity index (χ3v) is 3.33. The van der Waals surface area contributed by atoms with Gasteiger partial charge in [0.05, 0.1) is 11.7 Å². The van der Waals surface area contributed by atoms with Gasteiger partial charge in [0, 0.05) is 23.7 Å². The van der Waals surface area contributed by atoms with Gasteiger partial charge < -0.3 is 5.73 Å². The Morgan fingerprint density at radius 3 is 2.64 bits per heavy atom. The Hall–Kier alpha value is -0.480. The molecule has 0 amide bonds. The number of rotatable bonds is 3. The van der Waals surface area contributed by atoms with Crippen LogP contribution in [0.4, 0.5) is 0 Å². The predicted molar refractivity (Wildman–Crippen MR) is 62.3 cm³/mol. The first-order valence-corrected chi connectivity index (χ1v) is 5.76. The molecule has 0 aromatic carbocycles. The van der Waals surface area contributed by atoms with Gasteiger partial charge in [-0.25, -0.2) is 0 Å². The number of aromatic nitrogens is 2. The molecule has 14 heavy (non-hydrogen) atoms. The zero-order valence-electron chi connectivity index (χ0n) is 9.32. The summed E-state index contributed by atoms with van der Waals surface area (Å²) in [6.45, 7) is 6.61. The van der Waals surface area contributed by atoms with Crippen LogP contribution in [0.25, 0.3) is 0 Å². The van der Waals surface area contributed by atoms with E-state index in [-0.39, 0.29) is 10.8 Å². The molecule has 1 unspecified atom stereocenters. The van der Waals surface area contributed by atoms with Gasteiger partial charge in [-0.1, -0.05) is 20.8 Å². The van der Waals surface area contributed by atoms with E-state index in [1.807, 2.05) is 29.6 Å². The minimum Gasteiger partial charge on any atom is -0.322 e. The molecule has 1 aromatic heterocycles. The van der Waals surface area contributed by atoms with Crippen molar-refractivity contribution in [3.63, 3.8) is 0 Å². The SMILES string of the molecule is Cn1nccc1C(N)CSC(C)(C)C. The van der Waals surface area contributed by atoms with Gasteiger partial charge in [0.25, 0.3) is 0 Å². The lowest BCUT2D eigenvalue weighted by Crippen LogP contribution is -2.20. The molecule has 0 saturated heterocycles. The number of nitrogens with zero attached hydrogens (tertiary/aromatic N) is 2. The van der Waals surface area contributed by atoms with Crippen LogP contribution in [0, 0.1) is 0 Å². The van der Waals surface area contributed by atoms with Crippen molar-refractivity contribution in [3.05, 3.63) is 18.0 Å². The van der Waals surface area contributed by atoms with Crippen LogP contribution < -0.4 is 5.73 Å². The van der Waals surface area contributed by atoms with Crippen LogP contribution in [-0.4, -0.2) is 20.3 Å². The molecule has 0 bridgehead atoms. The Morgan fingerprint density at radius 2 is 2.21 bits per heavy atom. The first-order valence-electron chi connectivity index (χ1n) is 4.77. The van der Waals surface area contributed by atoms with Gasteiger partial charge in [-0.15, -0.1) is 0 Å². The van der Waals surface area contributed by atoms with Crippen molar-refractivity contribution in [2.75, 3.05) is 5.75 Å². The summed E-state index contributed by atoms with van der Waals surface area (Å²) in [6.07, 6.45) is 1.79. The van der Waals surface area contributed by atoms with Gasteiger partial charge in [0.15, 0.2) is 0 Å². The van der Waals surface area contributed by atoms with Crippen LogP contribution in [-0.2, 0) is 7.05 Å². The molecule has 3 nitrogen and oxygen atoms in total. The monoisotopic (exact) mass is 213 g/mol. The fraction of sp³-hybridized carbons (Fsp3) is 0.700. The molecule has 2 N–H and O–H groups in total. The van der Waals surface area contributed by atoms with Crippen molar-refractivity contribution in [2.24, 2.45) is 12.8 Å². The second kappa shape index (κ2) is 4.36. The highest BCUT2D eigenvalue weighted by Gasteiger charge is 2.15. The molecular weight excluding hydrogens is 194 g/mol. The summed E-state index contributed by atoms with van der Waals surface area (Å²) in [5.74, 6) is 0.934. The zero-order valence-corrected chi connectivity index (χ0v) is 10.1. The molecule has 0 aliphatic carbocycles. The average Bonchev–Trinajstić information content (AvgIpc) is 2.46. The summed E-state index contributed by atoms with van der Waals surface area (Å²) in [4.78, 5) is 0. The fourth-order valence-corrected chi connectivity index (χ4v) is 2.02. The van der Waals surface area contributed by atoms with Crippen LogP contribution in [0.3, 0.4) is 0 Å². The summed E-state index contributed by atoms with van der Waals surface area (Å²) in [7, 11) is 1.93. The van der Waals surface area contributed by atoms with Crippen molar-refractivity contribution in [2.45, 2.75) is 31.6 Å². The quantitative estimate of drug-likeness (QED) is 0.834. The van der Waals surface area contributed by atoms with Gasteiger partial charge >= 0.3 is 0 Å². The summed E-state index contributed by atoms with van der Waals surface area (Å²) >= 11 is 1.88. The Balaban J connectivity index is 2.51. The summed E-state index contributed by atoms with van der Waals surface area (Å²) in [5, 5.41) is 4.11. The van der Waals surface area contributed by atoms with E-state index in [1.54, 1.807) is 6.20 Å². The number of aryl methyl sites for hydroxylation is 1. The van der Waals surface area contributed by atoms with E-state index >= 15 is 0 Å². The minimum atomic E-state index is 0.0757. The summed E-state index contributed by atoms with van der Waals surface area (Å²) in [6, 6.07) is 2.06. The molecule has 1 rings (SSSR count). The molecule has 0 aliphatic heterocycles. The van der Waals surface area contributed by atoms with Crippen molar-refractivity contribution in [1.29, 1.82) is 0 Å². The van der Waals surface area contributed by atoms with Crippen LogP contribution in [0.5, 0.6) is 0 Å². The van der Waals surface area contributed by atoms with Gasteiger partial charge in [-0.3, -0.25) is 4.68 Å². The lowest BCUT2D eigenvalue weighted by Gasteiger charge is -2.20. The largest absolute Gasteiger partial charge is 0.322 e. The second-order valence-corrected chi connectivity index (χ2v) is 6.26. The fourth-order valence-electron chi connectivity index (χ4n) is 1.17. The van der Waals surface area contributed by atoms with Crippen molar-refractivity contribution >= 4 is 11.8 Å². The standard InChI is InChI=1S/C10H19N3S/c1-10(2,3)14-7-8(11)9-5-6-12-13(9)4/h5-6,8H,7,11H2,1-4H3. The number of hydrogen-bond donors (Lipinski definition) is 1. The second-order valence-electron chi connectivity index (χ2n) is 4.41. The zero-order chi connectivity index (χ0) is 10.8. The normalized spacial score (nSPS) is 14.4. The number of hydrogen-bond acceptors (Lipinski definition) is 3. The van der Waals surface area contributed by atoms with E-state index in [0.717, 1.165) is 11.4 Å². The van der Waals surface area contributed by atoms with Crippen LogP contribution in [0.1, 0.15) is 32.5 Å². The van der Waals surface area contributed by atoms with Crippen molar-refractivity contribution < 1.29 is 0 Å². The third-order valence-electron chi connectivity index (χ3n) is 1.93. The number of thioether (sulfide) groups is 1. The third kappa shape index (κ3) is 3.35. The molecule has 80 valence electrons. The summed E-state index contributed by atoms with van der Waals surface area (Å²) < 4.78 is 2.12. The van der Waals surface area contributed by atoms with E-state index < -0.39 is 0 Å². The molecular formula is C10H19N3S. The van der Waals surface area contributed by atoms with Crippen LogP contribution in [0.2, 0.25) is 0 Å². The van der Waals surface area contributed by atoms with Crippen molar-refractivity contribution in [3.8, 4) is 0 Å². The first-order chi connectivity index (χ1) is 6.40. The maximum Gasteiger partial charge on any atom is 0.0558 e. The molecule has 0 fully saturated rings. The van der Waals surface area contributed by atoms with E-state index in [0.29, 0.717) is 0 Å². The lowest BCUT2D eigenvalue weighted by atomic mass is 10.2. The van der Waals surface area contributed by atoms with Crippen LogP contribution >= 0.6 is 11.8 Å². The van der Waals surface area contributed by atoms with Gasteiger partial charge in [0.1, 0.15) is 0 Å². The molecule has 1 heterocycles. The smallest absolute Gasteiger partial charge is 0.0558 e. The maximum absolute atomic E-state index is 6.07.